The van der Waals surface area contributed by atoms with Crippen molar-refractivity contribution in [2.45, 2.75) is 0 Å². The molecule has 0 atom stereocenters. The maximum absolute atomic E-state index is 8.51. The molecule has 0 saturated heterocycles. The molecule has 6 nitrogen and oxygen atoms in total. The summed E-state index contributed by atoms with van der Waals surface area (Å²) in [4.78, 5) is 5.03. The maximum atomic E-state index is 8.51. The molecule has 0 aliphatic heterocycles. The lowest BCUT2D eigenvalue weighted by molar-refractivity contribution is 0.304. The highest BCUT2D eigenvalue weighted by Gasteiger charge is 2.01. The van der Waals surface area contributed by atoms with Crippen LogP contribution in [0, 0.1) is 0 Å². The Morgan fingerprint density at radius 3 is 3.27 bits per heavy atom. The molecule has 2 aromatic rings. The molecule has 0 spiro atoms. The molecule has 11 heavy (non-hydrogen) atoms. The van der Waals surface area contributed by atoms with Crippen molar-refractivity contribution in [2.75, 3.05) is 5.59 Å². The molecule has 2 rings (SSSR count). The summed E-state index contributed by atoms with van der Waals surface area (Å²) >= 11 is 0. The number of hydrogen-bond acceptors (Lipinski definition) is 5. The normalized spacial score (nSPS) is 10.3. The highest BCUT2D eigenvalue weighted by Crippen LogP contribution is 2.03. The van der Waals surface area contributed by atoms with Gasteiger partial charge < -0.3 is 0 Å². The van der Waals surface area contributed by atoms with E-state index in [9.17, 15) is 0 Å². The first kappa shape index (κ1) is 6.05. The van der Waals surface area contributed by atoms with Crippen molar-refractivity contribution in [3.8, 4) is 0 Å². The van der Waals surface area contributed by atoms with Gasteiger partial charge in [-0.2, -0.15) is 5.59 Å². The van der Waals surface area contributed by atoms with Crippen LogP contribution >= 0.6 is 0 Å². The van der Waals surface area contributed by atoms with E-state index in [-0.39, 0.29) is 0 Å². The van der Waals surface area contributed by atoms with Crippen LogP contribution in [0.1, 0.15) is 0 Å². The summed E-state index contributed by atoms with van der Waals surface area (Å²) in [5, 5.41) is 15.7. The minimum atomic E-state index is 0.494. The van der Waals surface area contributed by atoms with E-state index in [4.69, 9.17) is 5.21 Å². The standard InChI is InChI=1S/C5H5N5O/c11-9-10-4-2-1-3-6-5(4)7-8-10/h1-3,9,11H. The molecular formula is C5H5N5O. The van der Waals surface area contributed by atoms with Crippen molar-refractivity contribution < 1.29 is 5.21 Å². The average molecular weight is 151 g/mol. The molecule has 0 saturated carbocycles. The number of fused-ring (bicyclic) bond motifs is 1. The second-order valence-electron chi connectivity index (χ2n) is 1.95. The van der Waals surface area contributed by atoms with Crippen LogP contribution in [0.4, 0.5) is 0 Å². The van der Waals surface area contributed by atoms with E-state index < -0.39 is 0 Å². The second kappa shape index (κ2) is 2.17. The SMILES string of the molecule is ONn1nnc2ncccc21. The third-order valence-corrected chi connectivity index (χ3v) is 1.32. The maximum Gasteiger partial charge on any atom is 0.204 e. The molecule has 0 radical (unpaired) electrons. The monoisotopic (exact) mass is 151 g/mol. The van der Waals surface area contributed by atoms with Gasteiger partial charge in [-0.25, -0.2) is 4.98 Å². The average Bonchev–Trinajstić information content (AvgIpc) is 2.47. The molecule has 0 fully saturated rings. The van der Waals surface area contributed by atoms with Crippen LogP contribution in [0.15, 0.2) is 18.3 Å². The van der Waals surface area contributed by atoms with Gasteiger partial charge in [0.15, 0.2) is 0 Å². The smallest absolute Gasteiger partial charge is 0.204 e. The summed E-state index contributed by atoms with van der Waals surface area (Å²) in [5.41, 5.74) is 2.98. The first-order valence-corrected chi connectivity index (χ1v) is 2.98. The molecule has 2 N–H and O–H groups in total. The number of nitrogens with zero attached hydrogens (tertiary/aromatic N) is 4. The molecule has 0 aromatic carbocycles. The lowest BCUT2D eigenvalue weighted by Crippen LogP contribution is -2.10. The summed E-state index contributed by atoms with van der Waals surface area (Å²) in [5.74, 6) is 0. The minimum Gasteiger partial charge on any atom is -0.274 e. The molecule has 0 bridgehead atoms. The van der Waals surface area contributed by atoms with E-state index in [1.165, 1.54) is 0 Å². The molecule has 2 aromatic heterocycles. The lowest BCUT2D eigenvalue weighted by atomic mass is 10.4. The molecule has 0 unspecified atom stereocenters. The molecule has 0 amide bonds. The van der Waals surface area contributed by atoms with Crippen molar-refractivity contribution >= 4 is 11.2 Å². The van der Waals surface area contributed by atoms with Crippen LogP contribution in [0.25, 0.3) is 11.2 Å². The fraction of sp³-hybridized carbons (Fsp3) is 0. The number of hydrogen-bond donors (Lipinski definition) is 2. The first-order chi connectivity index (χ1) is 5.42. The molecule has 2 heterocycles. The van der Waals surface area contributed by atoms with E-state index in [2.05, 4.69) is 15.3 Å². The molecule has 56 valence electrons. The molecule has 6 heteroatoms. The van der Waals surface area contributed by atoms with Gasteiger partial charge in [0.05, 0.1) is 0 Å². The Bertz CT molecular complexity index is 370. The van der Waals surface area contributed by atoms with Crippen LogP contribution in [0.3, 0.4) is 0 Å². The topological polar surface area (TPSA) is 75.9 Å². The van der Waals surface area contributed by atoms with Gasteiger partial charge in [-0.1, -0.05) is 0 Å². The van der Waals surface area contributed by atoms with Crippen LogP contribution in [-0.2, 0) is 0 Å². The fourth-order valence-corrected chi connectivity index (χ4v) is 0.840. The van der Waals surface area contributed by atoms with Crippen molar-refractivity contribution in [1.29, 1.82) is 0 Å². The van der Waals surface area contributed by atoms with Gasteiger partial charge in [0, 0.05) is 6.20 Å². The first-order valence-electron chi connectivity index (χ1n) is 2.98. The Hall–Kier alpha value is -1.69. The Labute approximate surface area is 61.4 Å². The van der Waals surface area contributed by atoms with E-state index in [1.54, 1.807) is 18.3 Å². The highest BCUT2D eigenvalue weighted by atomic mass is 16.5. The largest absolute Gasteiger partial charge is 0.274 e. The summed E-state index contributed by atoms with van der Waals surface area (Å²) in [6.45, 7) is 0. The van der Waals surface area contributed by atoms with Gasteiger partial charge in [0.25, 0.3) is 0 Å². The number of pyridine rings is 1. The van der Waals surface area contributed by atoms with Crippen molar-refractivity contribution in [2.24, 2.45) is 0 Å². The van der Waals surface area contributed by atoms with Crippen LogP contribution < -0.4 is 5.59 Å². The molecular weight excluding hydrogens is 146 g/mol. The minimum absolute atomic E-state index is 0.494. The number of aromatic nitrogens is 4. The summed E-state index contributed by atoms with van der Waals surface area (Å²) < 4.78 is 0. The second-order valence-corrected chi connectivity index (χ2v) is 1.95. The van der Waals surface area contributed by atoms with Gasteiger partial charge in [-0.3, -0.25) is 5.21 Å². The van der Waals surface area contributed by atoms with Crippen LogP contribution in [-0.4, -0.2) is 25.3 Å². The van der Waals surface area contributed by atoms with Crippen molar-refractivity contribution in [1.82, 2.24) is 20.1 Å². The van der Waals surface area contributed by atoms with Gasteiger partial charge in [-0.15, -0.1) is 9.89 Å². The highest BCUT2D eigenvalue weighted by molar-refractivity contribution is 5.68. The Morgan fingerprint density at radius 1 is 1.55 bits per heavy atom. The molecule has 0 aliphatic rings. The van der Waals surface area contributed by atoms with Gasteiger partial charge in [-0.05, 0) is 17.3 Å². The van der Waals surface area contributed by atoms with Crippen LogP contribution in [0.5, 0.6) is 0 Å². The van der Waals surface area contributed by atoms with Crippen LogP contribution in [0.2, 0.25) is 0 Å². The zero-order valence-electron chi connectivity index (χ0n) is 5.47. The van der Waals surface area contributed by atoms with E-state index in [1.807, 2.05) is 5.59 Å². The predicted molar refractivity (Wildman–Crippen MR) is 36.5 cm³/mol. The fourth-order valence-electron chi connectivity index (χ4n) is 0.840. The zero-order chi connectivity index (χ0) is 7.68. The van der Waals surface area contributed by atoms with Gasteiger partial charge in [0.2, 0.25) is 5.65 Å². The Morgan fingerprint density at radius 2 is 2.45 bits per heavy atom. The lowest BCUT2D eigenvalue weighted by Gasteiger charge is -1.94. The van der Waals surface area contributed by atoms with E-state index in [0.29, 0.717) is 11.2 Å². The predicted octanol–water partition coefficient (Wildman–Crippen LogP) is -0.241. The third kappa shape index (κ3) is 0.802. The van der Waals surface area contributed by atoms with Crippen molar-refractivity contribution in [3.63, 3.8) is 0 Å². The number of nitrogens with one attached hydrogen (secondary N) is 1. The Kier molecular flexibility index (Phi) is 1.19. The summed E-state index contributed by atoms with van der Waals surface area (Å²) in [6.07, 6.45) is 1.61. The quantitative estimate of drug-likeness (QED) is 0.550. The van der Waals surface area contributed by atoms with Gasteiger partial charge in [0.1, 0.15) is 5.52 Å². The Balaban J connectivity index is 2.76. The van der Waals surface area contributed by atoms with E-state index in [0.717, 1.165) is 4.79 Å². The van der Waals surface area contributed by atoms with E-state index >= 15 is 0 Å². The zero-order valence-corrected chi connectivity index (χ0v) is 5.47. The number of rotatable bonds is 1. The summed E-state index contributed by atoms with van der Waals surface area (Å²) in [7, 11) is 0. The third-order valence-electron chi connectivity index (χ3n) is 1.32. The molecule has 0 aliphatic carbocycles. The van der Waals surface area contributed by atoms with Gasteiger partial charge >= 0.3 is 0 Å². The van der Waals surface area contributed by atoms with Crippen molar-refractivity contribution in [3.05, 3.63) is 18.3 Å². The summed E-state index contributed by atoms with van der Waals surface area (Å²) in [6, 6.07) is 3.48.